The number of carbonyl (C=O) groups is 1. The topological polar surface area (TPSA) is 50.8 Å². The van der Waals surface area contributed by atoms with E-state index in [2.05, 4.69) is 66.5 Å². The first-order valence-corrected chi connectivity index (χ1v) is 11.8. The van der Waals surface area contributed by atoms with E-state index < -0.39 is 0 Å². The van der Waals surface area contributed by atoms with Gasteiger partial charge in [0.15, 0.2) is 0 Å². The Balaban J connectivity index is 1.82. The molecular weight excluding hydrogens is 388 g/mol. The second-order valence-corrected chi connectivity index (χ2v) is 8.82. The summed E-state index contributed by atoms with van der Waals surface area (Å²) in [6.07, 6.45) is 2.96. The third-order valence-corrected chi connectivity index (χ3v) is 6.71. The van der Waals surface area contributed by atoms with Crippen LogP contribution in [0.2, 0.25) is 0 Å². The molecule has 0 radical (unpaired) electrons. The molecule has 170 valence electrons. The van der Waals surface area contributed by atoms with Gasteiger partial charge in [-0.2, -0.15) is 0 Å². The second kappa shape index (κ2) is 11.5. The van der Waals surface area contributed by atoms with Crippen molar-refractivity contribution in [2.45, 2.75) is 45.4 Å². The highest BCUT2D eigenvalue weighted by Crippen LogP contribution is 2.40. The van der Waals surface area contributed by atoms with Crippen LogP contribution in [0.25, 0.3) is 10.8 Å². The molecule has 0 aromatic heterocycles. The van der Waals surface area contributed by atoms with E-state index in [0.29, 0.717) is 19.1 Å². The Morgan fingerprint density at radius 2 is 1.87 bits per heavy atom. The third kappa shape index (κ3) is 5.98. The molecule has 0 aliphatic carbocycles. The van der Waals surface area contributed by atoms with Crippen molar-refractivity contribution in [3.63, 3.8) is 0 Å². The van der Waals surface area contributed by atoms with Gasteiger partial charge < -0.3 is 14.8 Å². The van der Waals surface area contributed by atoms with Crippen molar-refractivity contribution in [1.29, 1.82) is 0 Å². The van der Waals surface area contributed by atoms with Crippen LogP contribution < -0.4 is 5.32 Å². The lowest BCUT2D eigenvalue weighted by atomic mass is 9.67. The minimum Gasteiger partial charge on any atom is -0.450 e. The Labute approximate surface area is 187 Å². The molecule has 2 aromatic rings. The predicted octanol–water partition coefficient (Wildman–Crippen LogP) is 4.98. The zero-order valence-corrected chi connectivity index (χ0v) is 19.4. The number of ether oxygens (including phenoxy) is 2. The zero-order chi connectivity index (χ0) is 22.1. The molecule has 1 unspecified atom stereocenters. The maximum Gasteiger partial charge on any atom is 0.407 e. The minimum atomic E-state index is -0.332. The van der Waals surface area contributed by atoms with E-state index in [0.717, 1.165) is 52.1 Å². The van der Waals surface area contributed by atoms with E-state index in [9.17, 15) is 4.79 Å². The maximum atomic E-state index is 12.2. The van der Waals surface area contributed by atoms with Gasteiger partial charge in [0, 0.05) is 25.0 Å². The average molecular weight is 427 g/mol. The number of alkyl carbamates (subject to hydrolysis) is 1. The van der Waals surface area contributed by atoms with Gasteiger partial charge in [-0.15, -0.1) is 0 Å². The number of unbranched alkanes of at least 4 members (excludes halogenated alkanes) is 1. The molecule has 1 aliphatic rings. The number of nitrogens with one attached hydrogen (secondary N) is 1. The smallest absolute Gasteiger partial charge is 0.407 e. The second-order valence-electron chi connectivity index (χ2n) is 8.82. The van der Waals surface area contributed by atoms with Crippen molar-refractivity contribution >= 4 is 16.9 Å². The monoisotopic (exact) mass is 426 g/mol. The van der Waals surface area contributed by atoms with Gasteiger partial charge in [-0.25, -0.2) is 4.79 Å². The van der Waals surface area contributed by atoms with Crippen LogP contribution in [0.15, 0.2) is 42.5 Å². The Morgan fingerprint density at radius 3 is 2.61 bits per heavy atom. The largest absolute Gasteiger partial charge is 0.450 e. The lowest BCUT2D eigenvalue weighted by Crippen LogP contribution is -2.45. The Kier molecular flexibility index (Phi) is 8.73. The number of nitrogens with zero attached hydrogens (tertiary/aromatic N) is 1. The minimum absolute atomic E-state index is 0.154. The Bertz CT molecular complexity index is 827. The number of hydrogen-bond acceptors (Lipinski definition) is 4. The lowest BCUT2D eigenvalue weighted by molar-refractivity contribution is 0.0368. The van der Waals surface area contributed by atoms with Crippen LogP contribution in [0.1, 0.15) is 45.6 Å². The highest BCUT2D eigenvalue weighted by atomic mass is 16.5. The number of morpholine rings is 1. The molecule has 1 atom stereocenters. The van der Waals surface area contributed by atoms with Gasteiger partial charge in [0.1, 0.15) is 0 Å². The van der Waals surface area contributed by atoms with Crippen molar-refractivity contribution in [3.05, 3.63) is 48.0 Å². The molecule has 1 amide bonds. The summed E-state index contributed by atoms with van der Waals surface area (Å²) in [6.45, 7) is 12.2. The standard InChI is InChI=1S/C26H38N2O3/c1-4-31-25(29)27-20-26(21(2)3,14-7-8-15-28-16-18-30-19-17-28)24-13-9-11-22-10-5-6-12-23(22)24/h5-6,9-13,21H,4,7-8,14-20H2,1-3H3,(H,27,29). The predicted molar refractivity (Wildman–Crippen MR) is 127 cm³/mol. The molecule has 1 saturated heterocycles. The van der Waals surface area contributed by atoms with E-state index in [4.69, 9.17) is 9.47 Å². The van der Waals surface area contributed by atoms with Gasteiger partial charge in [-0.05, 0) is 48.6 Å². The molecule has 0 saturated carbocycles. The van der Waals surface area contributed by atoms with Crippen LogP contribution in [0, 0.1) is 5.92 Å². The number of rotatable bonds is 10. The molecule has 1 heterocycles. The van der Waals surface area contributed by atoms with Crippen LogP contribution in [0.4, 0.5) is 4.79 Å². The summed E-state index contributed by atoms with van der Waals surface area (Å²) in [6, 6.07) is 15.1. The number of carbonyl (C=O) groups excluding carboxylic acids is 1. The summed E-state index contributed by atoms with van der Waals surface area (Å²) in [5.74, 6) is 0.364. The summed E-state index contributed by atoms with van der Waals surface area (Å²) in [4.78, 5) is 14.7. The first kappa shape index (κ1) is 23.6. The molecular formula is C26H38N2O3. The van der Waals surface area contributed by atoms with Gasteiger partial charge in [0.05, 0.1) is 19.8 Å². The first-order valence-electron chi connectivity index (χ1n) is 11.8. The molecule has 1 N–H and O–H groups in total. The van der Waals surface area contributed by atoms with Gasteiger partial charge >= 0.3 is 6.09 Å². The molecule has 1 fully saturated rings. The average Bonchev–Trinajstić information content (AvgIpc) is 2.79. The summed E-state index contributed by atoms with van der Waals surface area (Å²) >= 11 is 0. The summed E-state index contributed by atoms with van der Waals surface area (Å²) in [5, 5.41) is 5.59. The van der Waals surface area contributed by atoms with Crippen LogP contribution in [0.3, 0.4) is 0 Å². The van der Waals surface area contributed by atoms with Gasteiger partial charge in [0.2, 0.25) is 0 Å². The number of benzene rings is 2. The summed E-state index contributed by atoms with van der Waals surface area (Å²) in [7, 11) is 0. The number of fused-ring (bicyclic) bond motifs is 1. The van der Waals surface area contributed by atoms with E-state index in [1.807, 2.05) is 6.92 Å². The highest BCUT2D eigenvalue weighted by Gasteiger charge is 2.37. The first-order chi connectivity index (χ1) is 15.1. The van der Waals surface area contributed by atoms with E-state index in [-0.39, 0.29) is 11.5 Å². The van der Waals surface area contributed by atoms with Gasteiger partial charge in [-0.3, -0.25) is 4.90 Å². The van der Waals surface area contributed by atoms with Crippen molar-refractivity contribution in [1.82, 2.24) is 10.2 Å². The molecule has 3 rings (SSSR count). The molecule has 5 heteroatoms. The lowest BCUT2D eigenvalue weighted by Gasteiger charge is -2.40. The summed E-state index contributed by atoms with van der Waals surface area (Å²) < 4.78 is 10.6. The zero-order valence-electron chi connectivity index (χ0n) is 19.4. The van der Waals surface area contributed by atoms with Gasteiger partial charge in [0.25, 0.3) is 0 Å². The molecule has 2 aromatic carbocycles. The fraction of sp³-hybridized carbons (Fsp3) is 0.577. The molecule has 5 nitrogen and oxygen atoms in total. The van der Waals surface area contributed by atoms with Crippen molar-refractivity contribution in [3.8, 4) is 0 Å². The molecule has 1 aliphatic heterocycles. The van der Waals surface area contributed by atoms with E-state index in [1.54, 1.807) is 0 Å². The molecule has 0 spiro atoms. The van der Waals surface area contributed by atoms with Crippen molar-refractivity contribution in [2.75, 3.05) is 46.0 Å². The van der Waals surface area contributed by atoms with Gasteiger partial charge in [-0.1, -0.05) is 62.7 Å². The van der Waals surface area contributed by atoms with Crippen molar-refractivity contribution < 1.29 is 14.3 Å². The molecule has 0 bridgehead atoms. The third-order valence-electron chi connectivity index (χ3n) is 6.71. The van der Waals surface area contributed by atoms with Crippen LogP contribution in [0.5, 0.6) is 0 Å². The van der Waals surface area contributed by atoms with Crippen LogP contribution in [-0.4, -0.2) is 57.0 Å². The number of hydrogen-bond donors (Lipinski definition) is 1. The SMILES string of the molecule is CCOC(=O)NCC(CCCCN1CCOCC1)(c1cccc2ccccc12)C(C)C. The van der Waals surface area contributed by atoms with E-state index >= 15 is 0 Å². The van der Waals surface area contributed by atoms with Crippen molar-refractivity contribution in [2.24, 2.45) is 5.92 Å². The van der Waals surface area contributed by atoms with E-state index in [1.165, 1.54) is 16.3 Å². The normalized spacial score (nSPS) is 16.9. The quantitative estimate of drug-likeness (QED) is 0.544. The Hall–Kier alpha value is -2.11. The fourth-order valence-corrected chi connectivity index (χ4v) is 4.79. The van der Waals surface area contributed by atoms with Crippen LogP contribution >= 0.6 is 0 Å². The maximum absolute atomic E-state index is 12.2. The Morgan fingerprint density at radius 1 is 1.13 bits per heavy atom. The highest BCUT2D eigenvalue weighted by molar-refractivity contribution is 5.86. The number of amides is 1. The molecule has 31 heavy (non-hydrogen) atoms. The van der Waals surface area contributed by atoms with Crippen LogP contribution in [-0.2, 0) is 14.9 Å². The fourth-order valence-electron chi connectivity index (χ4n) is 4.79. The summed E-state index contributed by atoms with van der Waals surface area (Å²) in [5.41, 5.74) is 1.17.